The van der Waals surface area contributed by atoms with Crippen molar-refractivity contribution in [1.29, 1.82) is 0 Å². The molecule has 1 N–H and O–H groups in total. The Kier molecular flexibility index (Phi) is 4.85. The maximum Gasteiger partial charge on any atom is 0.320 e. The summed E-state index contributed by atoms with van der Waals surface area (Å²) in [6, 6.07) is 9.18. The van der Waals surface area contributed by atoms with Gasteiger partial charge in [-0.05, 0) is 62.1 Å². The molecule has 2 fully saturated rings. The second kappa shape index (κ2) is 7.54. The molecule has 1 atom stereocenters. The van der Waals surface area contributed by atoms with Gasteiger partial charge in [0.25, 0.3) is 0 Å². The normalized spacial score (nSPS) is 19.0. The van der Waals surface area contributed by atoms with Crippen molar-refractivity contribution in [1.82, 2.24) is 14.4 Å². The topological polar surface area (TPSA) is 48.7 Å². The van der Waals surface area contributed by atoms with E-state index in [1.165, 1.54) is 30.7 Å². The lowest BCUT2D eigenvalue weighted by Crippen LogP contribution is -2.56. The highest BCUT2D eigenvalue weighted by molar-refractivity contribution is 6.08. The van der Waals surface area contributed by atoms with Crippen LogP contribution in [0, 0.1) is 11.6 Å². The Labute approximate surface area is 173 Å². The van der Waals surface area contributed by atoms with Gasteiger partial charge in [0, 0.05) is 40.9 Å². The lowest BCUT2D eigenvalue weighted by atomic mass is 9.91. The Hall–Kier alpha value is -2.67. The Morgan fingerprint density at radius 1 is 0.933 bits per heavy atom. The van der Waals surface area contributed by atoms with E-state index in [1.54, 1.807) is 17.0 Å². The number of carbonyl (C=O) groups excluding carboxylic acids is 1. The molecule has 1 unspecified atom stereocenters. The molecule has 1 aromatic heterocycles. The van der Waals surface area contributed by atoms with Gasteiger partial charge in [0.2, 0.25) is 0 Å². The van der Waals surface area contributed by atoms with Crippen molar-refractivity contribution in [2.45, 2.75) is 44.4 Å². The molecule has 2 aromatic carbocycles. The SMILES string of the molecule is O=C1N(CC(O)Cn2c3ccc(F)cc3c3cc(F)ccc32)CCCN1C1CCC1. The summed E-state index contributed by atoms with van der Waals surface area (Å²) >= 11 is 0. The molecule has 158 valence electrons. The summed E-state index contributed by atoms with van der Waals surface area (Å²) in [6.45, 7) is 1.92. The van der Waals surface area contributed by atoms with E-state index in [-0.39, 0.29) is 30.8 Å². The molecular formula is C23H25F2N3O2. The number of aliphatic hydroxyl groups excluding tert-OH is 1. The summed E-state index contributed by atoms with van der Waals surface area (Å²) in [5.41, 5.74) is 1.47. The average Bonchev–Trinajstić information content (AvgIpc) is 2.96. The third-order valence-electron chi connectivity index (χ3n) is 6.47. The average molecular weight is 413 g/mol. The Balaban J connectivity index is 1.40. The van der Waals surface area contributed by atoms with Crippen LogP contribution in [0.1, 0.15) is 25.7 Å². The molecule has 3 aromatic rings. The number of hydrogen-bond acceptors (Lipinski definition) is 2. The van der Waals surface area contributed by atoms with Crippen molar-refractivity contribution in [3.05, 3.63) is 48.0 Å². The highest BCUT2D eigenvalue weighted by Crippen LogP contribution is 2.31. The molecule has 1 saturated heterocycles. The molecule has 1 saturated carbocycles. The highest BCUT2D eigenvalue weighted by atomic mass is 19.1. The fourth-order valence-corrected chi connectivity index (χ4v) is 4.78. The van der Waals surface area contributed by atoms with Gasteiger partial charge in [-0.2, -0.15) is 0 Å². The van der Waals surface area contributed by atoms with E-state index in [2.05, 4.69) is 0 Å². The molecule has 30 heavy (non-hydrogen) atoms. The van der Waals surface area contributed by atoms with Gasteiger partial charge in [0.1, 0.15) is 11.6 Å². The second-order valence-corrected chi connectivity index (χ2v) is 8.45. The third-order valence-corrected chi connectivity index (χ3v) is 6.47. The zero-order chi connectivity index (χ0) is 20.8. The smallest absolute Gasteiger partial charge is 0.320 e. The summed E-state index contributed by atoms with van der Waals surface area (Å²) in [5.74, 6) is -0.775. The van der Waals surface area contributed by atoms with Gasteiger partial charge in [0.05, 0.1) is 19.2 Å². The number of halogens is 2. The van der Waals surface area contributed by atoms with Gasteiger partial charge in [-0.25, -0.2) is 13.6 Å². The van der Waals surface area contributed by atoms with Crippen molar-refractivity contribution in [3.63, 3.8) is 0 Å². The predicted molar refractivity (Wildman–Crippen MR) is 111 cm³/mol. The largest absolute Gasteiger partial charge is 0.389 e. The maximum atomic E-state index is 13.8. The first-order valence-corrected chi connectivity index (χ1v) is 10.6. The minimum Gasteiger partial charge on any atom is -0.389 e. The molecule has 0 radical (unpaired) electrons. The van der Waals surface area contributed by atoms with Gasteiger partial charge in [-0.15, -0.1) is 0 Å². The second-order valence-electron chi connectivity index (χ2n) is 8.45. The summed E-state index contributed by atoms with van der Waals surface area (Å²) in [7, 11) is 0. The number of carbonyl (C=O) groups is 1. The number of aliphatic hydroxyl groups is 1. The molecule has 0 bridgehead atoms. The Morgan fingerprint density at radius 2 is 1.57 bits per heavy atom. The van der Waals surface area contributed by atoms with Crippen molar-refractivity contribution < 1.29 is 18.7 Å². The quantitative estimate of drug-likeness (QED) is 0.684. The van der Waals surface area contributed by atoms with Crippen LogP contribution in [-0.2, 0) is 6.54 Å². The van der Waals surface area contributed by atoms with E-state index < -0.39 is 6.10 Å². The van der Waals surface area contributed by atoms with Crippen molar-refractivity contribution >= 4 is 27.8 Å². The summed E-state index contributed by atoms with van der Waals surface area (Å²) < 4.78 is 29.5. The number of benzene rings is 2. The molecule has 2 amide bonds. The van der Waals surface area contributed by atoms with E-state index in [0.717, 1.165) is 36.8 Å². The monoisotopic (exact) mass is 413 g/mol. The van der Waals surface area contributed by atoms with E-state index >= 15 is 0 Å². The minimum absolute atomic E-state index is 0.0105. The molecule has 2 heterocycles. The van der Waals surface area contributed by atoms with Gasteiger partial charge < -0.3 is 19.5 Å². The Morgan fingerprint density at radius 3 is 2.13 bits per heavy atom. The first-order chi connectivity index (χ1) is 14.5. The van der Waals surface area contributed by atoms with Gasteiger partial charge in [-0.3, -0.25) is 0 Å². The highest BCUT2D eigenvalue weighted by Gasteiger charge is 2.34. The fraction of sp³-hybridized carbons (Fsp3) is 0.435. The number of nitrogens with zero attached hydrogens (tertiary/aromatic N) is 3. The standard InChI is InChI=1S/C23H25F2N3O2/c24-15-5-7-21-19(11-15)20-12-16(25)6-8-22(20)28(21)14-18(29)13-26-9-2-10-27(23(26)30)17-3-1-4-17/h5-8,11-12,17-18,29H,1-4,9-10,13-14H2. The molecule has 2 aliphatic rings. The van der Waals surface area contributed by atoms with Crippen LogP contribution in [0.4, 0.5) is 13.6 Å². The van der Waals surface area contributed by atoms with Crippen LogP contribution in [0.15, 0.2) is 36.4 Å². The van der Waals surface area contributed by atoms with Crippen LogP contribution in [-0.4, -0.2) is 57.3 Å². The Bertz CT molecular complexity index is 1050. The summed E-state index contributed by atoms with van der Waals surface area (Å²) in [5, 5.41) is 12.1. The molecule has 1 aliphatic heterocycles. The van der Waals surface area contributed by atoms with E-state index in [9.17, 15) is 18.7 Å². The molecule has 5 nitrogen and oxygen atoms in total. The van der Waals surface area contributed by atoms with Crippen LogP contribution < -0.4 is 0 Å². The first-order valence-electron chi connectivity index (χ1n) is 10.6. The molecule has 7 heteroatoms. The fourth-order valence-electron chi connectivity index (χ4n) is 4.78. The number of hydrogen-bond donors (Lipinski definition) is 1. The first kappa shape index (κ1) is 19.3. The number of urea groups is 1. The van der Waals surface area contributed by atoms with Crippen molar-refractivity contribution in [3.8, 4) is 0 Å². The maximum absolute atomic E-state index is 13.8. The van der Waals surface area contributed by atoms with E-state index in [1.807, 2.05) is 9.47 Å². The third kappa shape index (κ3) is 3.31. The van der Waals surface area contributed by atoms with Crippen LogP contribution in [0.25, 0.3) is 21.8 Å². The van der Waals surface area contributed by atoms with Gasteiger partial charge in [-0.1, -0.05) is 0 Å². The van der Waals surface area contributed by atoms with Crippen molar-refractivity contribution in [2.75, 3.05) is 19.6 Å². The lowest BCUT2D eigenvalue weighted by Gasteiger charge is -2.44. The molecule has 1 aliphatic carbocycles. The zero-order valence-corrected chi connectivity index (χ0v) is 16.7. The van der Waals surface area contributed by atoms with Crippen LogP contribution in [0.3, 0.4) is 0 Å². The van der Waals surface area contributed by atoms with E-state index in [4.69, 9.17) is 0 Å². The van der Waals surface area contributed by atoms with Gasteiger partial charge in [0.15, 0.2) is 0 Å². The van der Waals surface area contributed by atoms with E-state index in [0.29, 0.717) is 23.4 Å². The minimum atomic E-state index is -0.788. The number of amides is 2. The van der Waals surface area contributed by atoms with Crippen molar-refractivity contribution in [2.24, 2.45) is 0 Å². The van der Waals surface area contributed by atoms with Crippen LogP contribution in [0.2, 0.25) is 0 Å². The van der Waals surface area contributed by atoms with Crippen LogP contribution >= 0.6 is 0 Å². The molecule has 0 spiro atoms. The zero-order valence-electron chi connectivity index (χ0n) is 16.7. The molecular weight excluding hydrogens is 388 g/mol. The number of fused-ring (bicyclic) bond motifs is 3. The molecule has 5 rings (SSSR count). The number of rotatable bonds is 5. The summed E-state index contributed by atoms with van der Waals surface area (Å²) in [4.78, 5) is 16.5. The van der Waals surface area contributed by atoms with Gasteiger partial charge >= 0.3 is 6.03 Å². The summed E-state index contributed by atoms with van der Waals surface area (Å²) in [6.07, 6.45) is 3.42. The lowest BCUT2D eigenvalue weighted by molar-refractivity contribution is 0.0554. The number of β-amino-alcohol motifs (C(OH)–C–C–N with tert-alkyl or cyclic N) is 1. The van der Waals surface area contributed by atoms with Crippen LogP contribution in [0.5, 0.6) is 0 Å². The number of aromatic nitrogens is 1. The predicted octanol–water partition coefficient (Wildman–Crippen LogP) is 4.11.